The second kappa shape index (κ2) is 4.63. The molecule has 1 saturated heterocycles. The number of rotatable bonds is 3. The van der Waals surface area contributed by atoms with Crippen LogP contribution in [-0.2, 0) is 0 Å². The predicted octanol–water partition coefficient (Wildman–Crippen LogP) is 3.58. The maximum absolute atomic E-state index is 6.17. The highest BCUT2D eigenvalue weighted by Crippen LogP contribution is 2.38. The quantitative estimate of drug-likeness (QED) is 0.843. The Morgan fingerprint density at radius 2 is 2.39 bits per heavy atom. The van der Waals surface area contributed by atoms with Gasteiger partial charge in [0.2, 0.25) is 0 Å². The van der Waals surface area contributed by atoms with Gasteiger partial charge < -0.3 is 11.1 Å². The van der Waals surface area contributed by atoms with Crippen molar-refractivity contribution in [3.63, 3.8) is 0 Å². The van der Waals surface area contributed by atoms with Gasteiger partial charge in [-0.2, -0.15) is 11.8 Å². The van der Waals surface area contributed by atoms with Crippen LogP contribution in [0, 0.1) is 0 Å². The summed E-state index contributed by atoms with van der Waals surface area (Å²) in [5.41, 5.74) is 10.7. The largest absolute Gasteiger partial charge is 0.395 e. The van der Waals surface area contributed by atoms with Crippen molar-refractivity contribution in [3.8, 4) is 0 Å². The molecule has 0 amide bonds. The number of thioether (sulfide) groups is 1. The van der Waals surface area contributed by atoms with Gasteiger partial charge >= 0.3 is 0 Å². The molecule has 1 atom stereocenters. The number of benzene rings is 1. The van der Waals surface area contributed by atoms with Crippen LogP contribution in [0.4, 0.5) is 11.4 Å². The van der Waals surface area contributed by atoms with E-state index in [0.29, 0.717) is 4.75 Å². The second-order valence-corrected chi connectivity index (χ2v) is 7.55. The Labute approximate surface area is 115 Å². The van der Waals surface area contributed by atoms with Crippen LogP contribution < -0.4 is 11.1 Å². The molecule has 0 spiro atoms. The van der Waals surface area contributed by atoms with E-state index in [2.05, 4.69) is 41.1 Å². The van der Waals surface area contributed by atoms with Crippen molar-refractivity contribution in [1.82, 2.24) is 4.98 Å². The van der Waals surface area contributed by atoms with Gasteiger partial charge in [-0.3, -0.25) is 0 Å². The van der Waals surface area contributed by atoms with Crippen LogP contribution in [0.2, 0.25) is 0 Å². The van der Waals surface area contributed by atoms with Gasteiger partial charge in [0.1, 0.15) is 5.52 Å². The Morgan fingerprint density at radius 1 is 1.50 bits per heavy atom. The molecule has 96 valence electrons. The van der Waals surface area contributed by atoms with Crippen molar-refractivity contribution in [2.75, 3.05) is 23.3 Å². The molecule has 1 unspecified atom stereocenters. The van der Waals surface area contributed by atoms with Gasteiger partial charge in [0.25, 0.3) is 0 Å². The zero-order chi connectivity index (χ0) is 12.6. The van der Waals surface area contributed by atoms with Crippen molar-refractivity contribution >= 4 is 44.7 Å². The van der Waals surface area contributed by atoms with Gasteiger partial charge in [-0.1, -0.05) is 0 Å². The third-order valence-corrected chi connectivity index (χ3v) is 5.83. The van der Waals surface area contributed by atoms with E-state index in [4.69, 9.17) is 5.73 Å². The third kappa shape index (κ3) is 2.17. The topological polar surface area (TPSA) is 50.9 Å². The molecule has 5 heteroatoms. The number of hydrogen-bond acceptors (Lipinski definition) is 5. The fraction of sp³-hybridized carbons (Fsp3) is 0.462. The molecule has 2 heterocycles. The van der Waals surface area contributed by atoms with Gasteiger partial charge in [-0.05, 0) is 37.7 Å². The normalized spacial score (nSPS) is 23.6. The first-order valence-corrected chi connectivity index (χ1v) is 8.04. The molecule has 18 heavy (non-hydrogen) atoms. The maximum atomic E-state index is 6.17. The monoisotopic (exact) mass is 279 g/mol. The highest BCUT2D eigenvalue weighted by molar-refractivity contribution is 8.00. The number of nitrogens with two attached hydrogens (primary N) is 1. The van der Waals surface area contributed by atoms with Crippen molar-refractivity contribution in [3.05, 3.63) is 17.6 Å². The van der Waals surface area contributed by atoms with Gasteiger partial charge in [0, 0.05) is 11.3 Å². The number of hydrogen-bond donors (Lipinski definition) is 2. The molecule has 1 aromatic carbocycles. The first kappa shape index (κ1) is 12.1. The summed E-state index contributed by atoms with van der Waals surface area (Å²) in [6.45, 7) is 3.30. The molecule has 0 aliphatic carbocycles. The molecule has 0 radical (unpaired) electrons. The van der Waals surface area contributed by atoms with Crippen molar-refractivity contribution in [2.45, 2.75) is 24.5 Å². The molecule has 0 saturated carbocycles. The number of thiazole rings is 1. The van der Waals surface area contributed by atoms with Gasteiger partial charge in [0.05, 0.1) is 21.6 Å². The van der Waals surface area contributed by atoms with Crippen LogP contribution in [0.5, 0.6) is 0 Å². The standard InChI is InChI=1S/C13H17N3S2/c1-13(5-2-6-18-13)7-15-9-3-4-10-12(11(9)14)16-8-17-10/h3-4,8,15H,2,5-7,14H2,1H3. The number of nitrogens with zero attached hydrogens (tertiary/aromatic N) is 1. The minimum atomic E-state index is 0.351. The van der Waals surface area contributed by atoms with Crippen LogP contribution in [0.15, 0.2) is 17.6 Å². The predicted molar refractivity (Wildman–Crippen MR) is 82.6 cm³/mol. The van der Waals surface area contributed by atoms with Crippen LogP contribution >= 0.6 is 23.1 Å². The third-order valence-electron chi connectivity index (χ3n) is 3.49. The van der Waals surface area contributed by atoms with Crippen LogP contribution in [0.3, 0.4) is 0 Å². The molecule has 1 aromatic heterocycles. The Balaban J connectivity index is 1.80. The van der Waals surface area contributed by atoms with Gasteiger partial charge in [-0.15, -0.1) is 11.3 Å². The van der Waals surface area contributed by atoms with E-state index in [9.17, 15) is 0 Å². The van der Waals surface area contributed by atoms with Crippen LogP contribution in [0.25, 0.3) is 10.2 Å². The molecule has 1 aliphatic rings. The van der Waals surface area contributed by atoms with Crippen molar-refractivity contribution in [1.29, 1.82) is 0 Å². The molecule has 3 rings (SSSR count). The van der Waals surface area contributed by atoms with Crippen LogP contribution in [0.1, 0.15) is 19.8 Å². The van der Waals surface area contributed by atoms with Gasteiger partial charge in [-0.25, -0.2) is 4.98 Å². The summed E-state index contributed by atoms with van der Waals surface area (Å²) >= 11 is 3.69. The van der Waals surface area contributed by atoms with E-state index >= 15 is 0 Å². The Hall–Kier alpha value is -0.940. The van der Waals surface area contributed by atoms with E-state index in [0.717, 1.165) is 28.1 Å². The smallest absolute Gasteiger partial charge is 0.106 e. The lowest BCUT2D eigenvalue weighted by atomic mass is 10.1. The van der Waals surface area contributed by atoms with E-state index in [1.54, 1.807) is 11.3 Å². The van der Waals surface area contributed by atoms with E-state index < -0.39 is 0 Å². The fourth-order valence-corrected chi connectivity index (χ4v) is 4.30. The Morgan fingerprint density at radius 3 is 3.17 bits per heavy atom. The lowest BCUT2D eigenvalue weighted by Gasteiger charge is -2.24. The zero-order valence-corrected chi connectivity index (χ0v) is 12.0. The lowest BCUT2D eigenvalue weighted by Crippen LogP contribution is -2.27. The minimum absolute atomic E-state index is 0.351. The summed E-state index contributed by atoms with van der Waals surface area (Å²) in [6, 6.07) is 4.16. The van der Waals surface area contributed by atoms with E-state index in [-0.39, 0.29) is 0 Å². The first-order valence-electron chi connectivity index (χ1n) is 6.17. The Bertz CT molecular complexity index is 558. The van der Waals surface area contributed by atoms with Crippen molar-refractivity contribution in [2.24, 2.45) is 0 Å². The summed E-state index contributed by atoms with van der Waals surface area (Å²) in [6.07, 6.45) is 2.60. The highest BCUT2D eigenvalue weighted by Gasteiger charge is 2.29. The number of anilines is 2. The number of fused-ring (bicyclic) bond motifs is 1. The maximum Gasteiger partial charge on any atom is 0.106 e. The molecule has 1 fully saturated rings. The average molecular weight is 279 g/mol. The average Bonchev–Trinajstić information content (AvgIpc) is 2.98. The van der Waals surface area contributed by atoms with Gasteiger partial charge in [0.15, 0.2) is 0 Å². The summed E-state index contributed by atoms with van der Waals surface area (Å²) < 4.78 is 1.50. The van der Waals surface area contributed by atoms with Crippen molar-refractivity contribution < 1.29 is 0 Å². The highest BCUT2D eigenvalue weighted by atomic mass is 32.2. The molecule has 2 aromatic rings. The lowest BCUT2D eigenvalue weighted by molar-refractivity contribution is 0.635. The summed E-state index contributed by atoms with van der Waals surface area (Å²) in [5, 5.41) is 3.50. The zero-order valence-electron chi connectivity index (χ0n) is 10.4. The van der Waals surface area contributed by atoms with E-state index in [1.807, 2.05) is 5.51 Å². The molecule has 3 nitrogen and oxygen atoms in total. The second-order valence-electron chi connectivity index (χ2n) is 4.98. The molecule has 0 bridgehead atoms. The summed E-state index contributed by atoms with van der Waals surface area (Å²) in [5.74, 6) is 1.28. The summed E-state index contributed by atoms with van der Waals surface area (Å²) in [7, 11) is 0. The Kier molecular flexibility index (Phi) is 3.11. The SMILES string of the molecule is CC1(CNc2ccc3scnc3c2N)CCCS1. The molecule has 1 aliphatic heterocycles. The molecular weight excluding hydrogens is 262 g/mol. The molecule has 3 N–H and O–H groups in total. The number of aromatic nitrogens is 1. The number of nitrogen functional groups attached to an aromatic ring is 1. The summed E-state index contributed by atoms with van der Waals surface area (Å²) in [4.78, 5) is 4.32. The first-order chi connectivity index (χ1) is 8.68. The van der Waals surface area contributed by atoms with Crippen LogP contribution in [-0.4, -0.2) is 22.0 Å². The minimum Gasteiger partial charge on any atom is -0.395 e. The fourth-order valence-electron chi connectivity index (χ4n) is 2.36. The van der Waals surface area contributed by atoms with E-state index in [1.165, 1.54) is 18.6 Å². The molecular formula is C13H17N3S2. The number of nitrogens with one attached hydrogen (secondary N) is 1.